The molecule has 0 saturated heterocycles. The third-order valence-corrected chi connectivity index (χ3v) is 7.88. The van der Waals surface area contributed by atoms with Gasteiger partial charge < -0.3 is 9.73 Å². The molecule has 0 aliphatic rings. The largest absolute Gasteiger partial charge is 0.416 e. The van der Waals surface area contributed by atoms with Crippen molar-refractivity contribution >= 4 is 45.5 Å². The van der Waals surface area contributed by atoms with Crippen molar-refractivity contribution in [2.75, 3.05) is 5.32 Å². The summed E-state index contributed by atoms with van der Waals surface area (Å²) in [6, 6.07) is 37.5. The standard InChI is InChI=1S/C35H23Cl2N5O2/c36-27-13-8-14-28(37)32(27)39-29-15-6-4-11-24(29)21-31-38-30-16-7-5-12-26(30)35(43)42(31)25-19-17-23(18-20-25)34-41-40-33(44-34)22-9-2-1-3-10-22/h1-20,39H,21H2. The van der Waals surface area contributed by atoms with E-state index in [-0.39, 0.29) is 5.56 Å². The number of fused-ring (bicyclic) bond motifs is 1. The summed E-state index contributed by atoms with van der Waals surface area (Å²) in [4.78, 5) is 18.9. The lowest BCUT2D eigenvalue weighted by Crippen LogP contribution is -2.24. The van der Waals surface area contributed by atoms with Crippen LogP contribution in [0.25, 0.3) is 39.5 Å². The lowest BCUT2D eigenvalue weighted by atomic mass is 10.1. The molecular weight excluding hydrogens is 593 g/mol. The maximum Gasteiger partial charge on any atom is 0.265 e. The molecule has 0 saturated carbocycles. The van der Waals surface area contributed by atoms with E-state index in [0.717, 1.165) is 22.4 Å². The molecule has 7 aromatic rings. The molecule has 0 atom stereocenters. The molecule has 9 heteroatoms. The van der Waals surface area contributed by atoms with Crippen molar-refractivity contribution in [2.45, 2.75) is 6.42 Å². The summed E-state index contributed by atoms with van der Waals surface area (Å²) in [5.74, 6) is 1.40. The van der Waals surface area contributed by atoms with Crippen LogP contribution < -0.4 is 10.9 Å². The Morgan fingerprint density at radius 2 is 1.32 bits per heavy atom. The summed E-state index contributed by atoms with van der Waals surface area (Å²) >= 11 is 12.9. The molecule has 0 radical (unpaired) electrons. The first-order valence-electron chi connectivity index (χ1n) is 13.8. The number of para-hydroxylation sites is 3. The number of hydrogen-bond acceptors (Lipinski definition) is 6. The number of halogens is 2. The molecule has 7 rings (SSSR count). The number of anilines is 2. The molecule has 0 amide bonds. The molecule has 0 fully saturated rings. The maximum atomic E-state index is 14.0. The van der Waals surface area contributed by atoms with Gasteiger partial charge in [0.15, 0.2) is 0 Å². The van der Waals surface area contributed by atoms with E-state index in [0.29, 0.717) is 56.3 Å². The maximum absolute atomic E-state index is 14.0. The fourth-order valence-corrected chi connectivity index (χ4v) is 5.56. The van der Waals surface area contributed by atoms with E-state index in [1.807, 2.05) is 97.1 Å². The van der Waals surface area contributed by atoms with Crippen LogP contribution in [0.3, 0.4) is 0 Å². The summed E-state index contributed by atoms with van der Waals surface area (Å²) < 4.78 is 7.58. The highest BCUT2D eigenvalue weighted by molar-refractivity contribution is 6.39. The van der Waals surface area contributed by atoms with Gasteiger partial charge in [0.1, 0.15) is 5.82 Å². The van der Waals surface area contributed by atoms with E-state index >= 15 is 0 Å². The van der Waals surface area contributed by atoms with Gasteiger partial charge in [-0.05, 0) is 72.3 Å². The fraction of sp³-hybridized carbons (Fsp3) is 0.0286. The van der Waals surface area contributed by atoms with Gasteiger partial charge in [0.25, 0.3) is 5.56 Å². The number of nitrogens with one attached hydrogen (secondary N) is 1. The van der Waals surface area contributed by atoms with Crippen LogP contribution in [0.1, 0.15) is 11.4 Å². The van der Waals surface area contributed by atoms with Crippen molar-refractivity contribution in [1.29, 1.82) is 0 Å². The molecule has 0 spiro atoms. The summed E-state index contributed by atoms with van der Waals surface area (Å²) in [7, 11) is 0. The van der Waals surface area contributed by atoms with Crippen LogP contribution in [-0.4, -0.2) is 19.7 Å². The number of nitrogens with zero attached hydrogens (tertiary/aromatic N) is 4. The monoisotopic (exact) mass is 615 g/mol. The van der Waals surface area contributed by atoms with E-state index in [1.54, 1.807) is 28.8 Å². The van der Waals surface area contributed by atoms with Crippen LogP contribution in [0.2, 0.25) is 10.0 Å². The summed E-state index contributed by atoms with van der Waals surface area (Å²) in [6.45, 7) is 0. The Morgan fingerprint density at radius 3 is 2.07 bits per heavy atom. The zero-order valence-electron chi connectivity index (χ0n) is 23.1. The number of rotatable bonds is 7. The van der Waals surface area contributed by atoms with E-state index in [2.05, 4.69) is 15.5 Å². The molecule has 7 nitrogen and oxygen atoms in total. The molecule has 2 aromatic heterocycles. The van der Waals surface area contributed by atoms with Gasteiger partial charge >= 0.3 is 0 Å². The first-order chi connectivity index (χ1) is 21.5. The van der Waals surface area contributed by atoms with E-state index in [4.69, 9.17) is 32.6 Å². The van der Waals surface area contributed by atoms with Gasteiger partial charge in [0.05, 0.1) is 32.3 Å². The average Bonchev–Trinajstić information content (AvgIpc) is 3.55. The predicted octanol–water partition coefficient (Wildman–Crippen LogP) is 8.74. The van der Waals surface area contributed by atoms with Crippen molar-refractivity contribution in [3.8, 4) is 28.6 Å². The Labute approximate surface area is 262 Å². The zero-order chi connectivity index (χ0) is 30.0. The van der Waals surface area contributed by atoms with E-state index in [9.17, 15) is 4.79 Å². The molecule has 0 aliphatic heterocycles. The number of aromatic nitrogens is 4. The van der Waals surface area contributed by atoms with Crippen LogP contribution in [0, 0.1) is 0 Å². The predicted molar refractivity (Wildman–Crippen MR) is 175 cm³/mol. The lowest BCUT2D eigenvalue weighted by molar-refractivity contribution is 0.584. The highest BCUT2D eigenvalue weighted by Gasteiger charge is 2.17. The van der Waals surface area contributed by atoms with Crippen molar-refractivity contribution in [3.63, 3.8) is 0 Å². The van der Waals surface area contributed by atoms with Gasteiger partial charge in [-0.2, -0.15) is 0 Å². The fourth-order valence-electron chi connectivity index (χ4n) is 5.07. The molecule has 5 aromatic carbocycles. The first kappa shape index (κ1) is 27.6. The summed E-state index contributed by atoms with van der Waals surface area (Å²) in [5, 5.41) is 13.3. The minimum atomic E-state index is -0.165. The van der Waals surface area contributed by atoms with Crippen LogP contribution in [-0.2, 0) is 6.42 Å². The molecule has 44 heavy (non-hydrogen) atoms. The third-order valence-electron chi connectivity index (χ3n) is 7.25. The first-order valence-corrected chi connectivity index (χ1v) is 14.6. The molecule has 0 aliphatic carbocycles. The van der Waals surface area contributed by atoms with Crippen LogP contribution in [0.15, 0.2) is 131 Å². The van der Waals surface area contributed by atoms with Crippen molar-refractivity contribution < 1.29 is 4.42 Å². The normalized spacial score (nSPS) is 11.1. The molecular formula is C35H23Cl2N5O2. The highest BCUT2D eigenvalue weighted by atomic mass is 35.5. The van der Waals surface area contributed by atoms with Gasteiger partial charge in [0.2, 0.25) is 11.8 Å². The molecule has 0 unspecified atom stereocenters. The van der Waals surface area contributed by atoms with Crippen LogP contribution in [0.4, 0.5) is 11.4 Å². The Bertz CT molecular complexity index is 2160. The van der Waals surface area contributed by atoms with Gasteiger partial charge in [-0.15, -0.1) is 10.2 Å². The Kier molecular flexibility index (Phi) is 7.40. The molecule has 214 valence electrons. The van der Waals surface area contributed by atoms with E-state index < -0.39 is 0 Å². The Hall–Kier alpha value is -5.24. The average molecular weight is 617 g/mol. The lowest BCUT2D eigenvalue weighted by Gasteiger charge is -2.17. The van der Waals surface area contributed by atoms with E-state index in [1.165, 1.54) is 0 Å². The number of hydrogen-bond donors (Lipinski definition) is 1. The molecule has 0 bridgehead atoms. The van der Waals surface area contributed by atoms with Gasteiger partial charge in [-0.1, -0.05) is 77.8 Å². The molecule has 1 N–H and O–H groups in total. The molecule has 2 heterocycles. The summed E-state index contributed by atoms with van der Waals surface area (Å²) in [6.07, 6.45) is 0.358. The summed E-state index contributed by atoms with van der Waals surface area (Å²) in [5.41, 5.74) is 5.02. The quantitative estimate of drug-likeness (QED) is 0.193. The van der Waals surface area contributed by atoms with Crippen LogP contribution in [0.5, 0.6) is 0 Å². The zero-order valence-corrected chi connectivity index (χ0v) is 24.6. The topological polar surface area (TPSA) is 85.8 Å². The second kappa shape index (κ2) is 11.8. The SMILES string of the molecule is O=c1c2ccccc2nc(Cc2ccccc2Nc2c(Cl)cccc2Cl)n1-c1ccc(-c2nnc(-c3ccccc3)o2)cc1. The minimum absolute atomic E-state index is 0.165. The smallest absolute Gasteiger partial charge is 0.265 e. The van der Waals surface area contributed by atoms with Crippen LogP contribution >= 0.6 is 23.2 Å². The second-order valence-corrected chi connectivity index (χ2v) is 10.9. The van der Waals surface area contributed by atoms with Crippen molar-refractivity contribution in [3.05, 3.63) is 153 Å². The van der Waals surface area contributed by atoms with Gasteiger partial charge in [-0.25, -0.2) is 4.98 Å². The second-order valence-electron chi connectivity index (χ2n) is 10.1. The number of benzene rings is 5. The van der Waals surface area contributed by atoms with Crippen molar-refractivity contribution in [1.82, 2.24) is 19.7 Å². The Balaban J connectivity index is 1.28. The Morgan fingerprint density at radius 1 is 0.682 bits per heavy atom. The van der Waals surface area contributed by atoms with Gasteiger partial charge in [0, 0.05) is 23.2 Å². The van der Waals surface area contributed by atoms with Gasteiger partial charge in [-0.3, -0.25) is 9.36 Å². The highest BCUT2D eigenvalue weighted by Crippen LogP contribution is 2.34. The third kappa shape index (κ3) is 5.35. The van der Waals surface area contributed by atoms with Crippen molar-refractivity contribution in [2.24, 2.45) is 0 Å². The minimum Gasteiger partial charge on any atom is -0.416 e.